The van der Waals surface area contributed by atoms with Gasteiger partial charge in [0.15, 0.2) is 0 Å². The number of benzene rings is 2. The number of allylic oxidation sites excluding steroid dienone is 6. The monoisotopic (exact) mass is 458 g/mol. The molecule has 0 saturated carbocycles. The molecule has 0 spiro atoms. The number of aliphatic hydroxyl groups is 2. The maximum absolute atomic E-state index is 11.0. The molecule has 0 fully saturated rings. The van der Waals surface area contributed by atoms with Crippen molar-refractivity contribution >= 4 is 0 Å². The minimum Gasteiger partial charge on any atom is -0.508 e. The molecule has 0 bridgehead atoms. The maximum atomic E-state index is 11.0. The largest absolute Gasteiger partial charge is 0.508 e. The van der Waals surface area contributed by atoms with Crippen LogP contribution in [0.2, 0.25) is 0 Å². The van der Waals surface area contributed by atoms with E-state index in [4.69, 9.17) is 0 Å². The summed E-state index contributed by atoms with van der Waals surface area (Å²) >= 11 is 0. The lowest BCUT2D eigenvalue weighted by atomic mass is 9.73. The van der Waals surface area contributed by atoms with Crippen LogP contribution < -0.4 is 0 Å². The third-order valence-corrected chi connectivity index (χ3v) is 8.04. The Bertz CT molecular complexity index is 1220. The van der Waals surface area contributed by atoms with Crippen molar-refractivity contribution in [1.29, 1.82) is 0 Å². The third-order valence-electron chi connectivity index (χ3n) is 8.04. The Hall–Kier alpha value is -3.80. The van der Waals surface area contributed by atoms with Gasteiger partial charge in [-0.1, -0.05) is 12.2 Å². The second kappa shape index (κ2) is 7.35. The minimum absolute atomic E-state index is 0.0223. The molecule has 0 amide bonds. The highest BCUT2D eigenvalue weighted by atomic mass is 16.3. The Kier molecular flexibility index (Phi) is 4.49. The number of hydrogen-bond donors (Lipinski definition) is 6. The number of phenols is 4. The van der Waals surface area contributed by atoms with E-state index in [0.717, 1.165) is 22.3 Å². The van der Waals surface area contributed by atoms with Crippen LogP contribution in [0, 0.1) is 11.8 Å². The lowest BCUT2D eigenvalue weighted by Gasteiger charge is -2.30. The first-order valence-corrected chi connectivity index (χ1v) is 11.6. The second-order valence-corrected chi connectivity index (χ2v) is 9.81. The fraction of sp³-hybridized carbons (Fsp3) is 0.286. The molecule has 0 saturated heterocycles. The van der Waals surface area contributed by atoms with Crippen molar-refractivity contribution < 1.29 is 30.6 Å². The standard InChI is InChI=1S/C28H26O6/c29-15-5-1-13(2-6-15)23-25-19(9-17(31)11-21(25)33)28-24(14-3-7-16(30)8-4-14)26-20(27(23)28)10-18(32)12-22(26)34/h1,3,5-14,23-24,27-34H,2,4H2/t13-,14-,23?,24?,27?,28?/m1/s1. The van der Waals surface area contributed by atoms with Crippen molar-refractivity contribution in [1.82, 2.24) is 0 Å². The zero-order valence-electron chi connectivity index (χ0n) is 18.3. The highest BCUT2D eigenvalue weighted by Crippen LogP contribution is 2.70. The number of aromatic hydroxyl groups is 4. The van der Waals surface area contributed by atoms with E-state index in [-0.39, 0.29) is 70.0 Å². The van der Waals surface area contributed by atoms with Crippen LogP contribution in [0.25, 0.3) is 0 Å². The van der Waals surface area contributed by atoms with Gasteiger partial charge >= 0.3 is 0 Å². The first-order valence-electron chi connectivity index (χ1n) is 11.6. The zero-order chi connectivity index (χ0) is 23.7. The van der Waals surface area contributed by atoms with Crippen LogP contribution >= 0.6 is 0 Å². The van der Waals surface area contributed by atoms with Gasteiger partial charge in [-0.05, 0) is 84.1 Å². The summed E-state index contributed by atoms with van der Waals surface area (Å²) in [7, 11) is 0. The van der Waals surface area contributed by atoms with E-state index >= 15 is 0 Å². The van der Waals surface area contributed by atoms with Gasteiger partial charge in [-0.15, -0.1) is 0 Å². The quantitative estimate of drug-likeness (QED) is 0.348. The number of rotatable bonds is 2. The molecule has 6 nitrogen and oxygen atoms in total. The molecule has 0 heterocycles. The summed E-state index contributed by atoms with van der Waals surface area (Å²) in [5, 5.41) is 62.6. The van der Waals surface area contributed by atoms with E-state index in [2.05, 4.69) is 0 Å². The number of hydrogen-bond acceptors (Lipinski definition) is 6. The van der Waals surface area contributed by atoms with E-state index < -0.39 is 0 Å². The number of fused-ring (bicyclic) bond motifs is 5. The van der Waals surface area contributed by atoms with Crippen molar-refractivity contribution in [2.75, 3.05) is 0 Å². The molecule has 6 heteroatoms. The molecule has 6 rings (SSSR count). The number of phenolic OH excluding ortho intramolecular Hbond substituents is 4. The van der Waals surface area contributed by atoms with Crippen LogP contribution in [-0.4, -0.2) is 30.6 Å². The fourth-order valence-electron chi connectivity index (χ4n) is 6.89. The summed E-state index contributed by atoms with van der Waals surface area (Å²) in [6.45, 7) is 0. The maximum Gasteiger partial charge on any atom is 0.123 e. The van der Waals surface area contributed by atoms with Gasteiger partial charge in [0.05, 0.1) is 0 Å². The van der Waals surface area contributed by atoms with Crippen LogP contribution in [0.1, 0.15) is 58.8 Å². The van der Waals surface area contributed by atoms with E-state index in [1.807, 2.05) is 12.2 Å². The zero-order valence-corrected chi connectivity index (χ0v) is 18.3. The van der Waals surface area contributed by atoms with Gasteiger partial charge in [0.2, 0.25) is 0 Å². The van der Waals surface area contributed by atoms with Crippen LogP contribution in [0.3, 0.4) is 0 Å². The van der Waals surface area contributed by atoms with Crippen molar-refractivity contribution in [2.24, 2.45) is 11.8 Å². The molecule has 6 N–H and O–H groups in total. The van der Waals surface area contributed by atoms with E-state index in [1.54, 1.807) is 36.4 Å². The van der Waals surface area contributed by atoms with Gasteiger partial charge in [0, 0.05) is 35.1 Å². The van der Waals surface area contributed by atoms with E-state index in [0.29, 0.717) is 12.8 Å². The van der Waals surface area contributed by atoms with Crippen LogP contribution in [0.5, 0.6) is 23.0 Å². The smallest absolute Gasteiger partial charge is 0.123 e. The normalized spacial score (nSPS) is 30.9. The summed E-state index contributed by atoms with van der Waals surface area (Å²) in [5.74, 6) is -0.286. The van der Waals surface area contributed by atoms with Gasteiger partial charge in [0.25, 0.3) is 0 Å². The lowest BCUT2D eigenvalue weighted by Crippen LogP contribution is -2.19. The van der Waals surface area contributed by atoms with Crippen molar-refractivity contribution in [3.63, 3.8) is 0 Å². The van der Waals surface area contributed by atoms with Gasteiger partial charge < -0.3 is 30.6 Å². The van der Waals surface area contributed by atoms with Gasteiger partial charge in [-0.25, -0.2) is 0 Å². The predicted molar refractivity (Wildman–Crippen MR) is 126 cm³/mol. The molecule has 6 atom stereocenters. The lowest BCUT2D eigenvalue weighted by molar-refractivity contribution is 0.356. The molecule has 4 aliphatic carbocycles. The molecular formula is C28H26O6. The van der Waals surface area contributed by atoms with Crippen molar-refractivity contribution in [3.05, 3.63) is 94.5 Å². The van der Waals surface area contributed by atoms with Gasteiger partial charge in [0.1, 0.15) is 34.5 Å². The average molecular weight is 459 g/mol. The topological polar surface area (TPSA) is 121 Å². The third kappa shape index (κ3) is 2.94. The summed E-state index contributed by atoms with van der Waals surface area (Å²) in [4.78, 5) is 0. The Morgan fingerprint density at radius 2 is 0.941 bits per heavy atom. The Labute approximate surface area is 196 Å². The van der Waals surface area contributed by atoms with Gasteiger partial charge in [-0.3, -0.25) is 0 Å². The molecule has 4 unspecified atom stereocenters. The number of aliphatic hydroxyl groups excluding tert-OH is 2. The Balaban J connectivity index is 1.59. The predicted octanol–water partition coefficient (Wildman–Crippen LogP) is 5.61. The molecular weight excluding hydrogens is 432 g/mol. The minimum atomic E-state index is -0.178. The van der Waals surface area contributed by atoms with Gasteiger partial charge in [-0.2, -0.15) is 0 Å². The molecule has 174 valence electrons. The summed E-state index contributed by atoms with van der Waals surface area (Å²) in [6.07, 6.45) is 11.9. The molecule has 2 aromatic rings. The fourth-order valence-corrected chi connectivity index (χ4v) is 6.89. The molecule has 0 aliphatic heterocycles. The van der Waals surface area contributed by atoms with Crippen molar-refractivity contribution in [2.45, 2.75) is 36.5 Å². The summed E-state index contributed by atoms with van der Waals surface area (Å²) in [5.41, 5.74) is 3.22. The molecule has 0 aromatic heterocycles. The highest BCUT2D eigenvalue weighted by molar-refractivity contribution is 5.65. The van der Waals surface area contributed by atoms with E-state index in [1.165, 1.54) is 12.1 Å². The van der Waals surface area contributed by atoms with Crippen LogP contribution in [0.15, 0.2) is 72.2 Å². The van der Waals surface area contributed by atoms with E-state index in [9.17, 15) is 30.6 Å². The second-order valence-electron chi connectivity index (χ2n) is 9.81. The average Bonchev–Trinajstić information content (AvgIpc) is 3.29. The first kappa shape index (κ1) is 20.8. The summed E-state index contributed by atoms with van der Waals surface area (Å²) < 4.78 is 0. The van der Waals surface area contributed by atoms with Crippen molar-refractivity contribution in [3.8, 4) is 23.0 Å². The Morgan fingerprint density at radius 1 is 0.529 bits per heavy atom. The highest BCUT2D eigenvalue weighted by Gasteiger charge is 2.56. The molecule has 4 aliphatic rings. The molecule has 0 radical (unpaired) electrons. The van der Waals surface area contributed by atoms with Crippen LogP contribution in [-0.2, 0) is 0 Å². The molecule has 2 aromatic carbocycles. The molecule has 34 heavy (non-hydrogen) atoms. The SMILES string of the molecule is OC1=CC[C@H](C2c3c(O)cc(O)cc3C3C2c2cc(O)cc(O)c2C3[C@@H]2C=CC(O)=CC2)C=C1. The summed E-state index contributed by atoms with van der Waals surface area (Å²) in [6, 6.07) is 6.15. The van der Waals surface area contributed by atoms with Crippen LogP contribution in [0.4, 0.5) is 0 Å². The first-order chi connectivity index (χ1) is 16.3. The Morgan fingerprint density at radius 3 is 1.29 bits per heavy atom.